The minimum absolute atomic E-state index is 0.185. The number of hydrogen-bond acceptors (Lipinski definition) is 6. The number of esters is 2. The van der Waals surface area contributed by atoms with Gasteiger partial charge in [-0.2, -0.15) is 0 Å². The lowest BCUT2D eigenvalue weighted by Crippen LogP contribution is -2.29. The van der Waals surface area contributed by atoms with Gasteiger partial charge in [-0.1, -0.05) is 138 Å². The van der Waals surface area contributed by atoms with E-state index in [2.05, 4.69) is 85.2 Å². The molecule has 0 heterocycles. The highest BCUT2D eigenvalue weighted by Crippen LogP contribution is 2.36. The van der Waals surface area contributed by atoms with Crippen LogP contribution in [0.25, 0.3) is 0 Å². The molecule has 0 aliphatic heterocycles. The topological polar surface area (TPSA) is 119 Å². The second-order valence-corrected chi connectivity index (χ2v) is 13.8. The number of hydrogen-bond donors (Lipinski definition) is 2. The molecule has 0 aromatic rings. The molecule has 0 saturated carbocycles. The Hall–Kier alpha value is -2.51. The minimum Gasteiger partial charge on any atom is -0.462 e. The maximum absolute atomic E-state index is 12.4. The molecule has 0 aliphatic rings. The molecule has 0 bridgehead atoms. The largest absolute Gasteiger partial charge is 0.469 e. The maximum Gasteiger partial charge on any atom is 0.469 e. The van der Waals surface area contributed by atoms with Gasteiger partial charge in [0.2, 0.25) is 0 Å². The fraction of sp³-hybridized carbons (Fsp3) is 0.659. The molecular weight excluding hydrogens is 651 g/mol. The van der Waals surface area contributed by atoms with E-state index in [0.29, 0.717) is 12.8 Å². The van der Waals surface area contributed by atoms with Crippen LogP contribution in [0.5, 0.6) is 0 Å². The lowest BCUT2D eigenvalue weighted by molar-refractivity contribution is -0.161. The SMILES string of the molecule is CC/C=C\C/C=C\C/C=C\C/C=C\C/C=C\CCCC(=O)OC[C@H](COP(=O)(O)O)OC(=O)CCCCCCCCC/C=C\CCCCCC. The van der Waals surface area contributed by atoms with Gasteiger partial charge in [0.15, 0.2) is 6.10 Å². The number of unbranched alkanes of at least 4 members (excludes halogenated alkanes) is 12. The number of phosphoric ester groups is 1. The van der Waals surface area contributed by atoms with E-state index in [4.69, 9.17) is 19.3 Å². The Labute approximate surface area is 304 Å². The number of carbonyl (C=O) groups is 2. The Morgan fingerprint density at radius 2 is 0.980 bits per heavy atom. The molecule has 0 aliphatic carbocycles. The van der Waals surface area contributed by atoms with E-state index < -0.39 is 32.5 Å². The zero-order valence-corrected chi connectivity index (χ0v) is 32.2. The van der Waals surface area contributed by atoms with Crippen molar-refractivity contribution in [3.05, 3.63) is 72.9 Å². The third-order valence-corrected chi connectivity index (χ3v) is 8.19. The van der Waals surface area contributed by atoms with Gasteiger partial charge in [0.05, 0.1) is 6.61 Å². The van der Waals surface area contributed by atoms with E-state index >= 15 is 0 Å². The van der Waals surface area contributed by atoms with E-state index in [0.717, 1.165) is 64.2 Å². The van der Waals surface area contributed by atoms with Gasteiger partial charge >= 0.3 is 19.8 Å². The van der Waals surface area contributed by atoms with Crippen molar-refractivity contribution in [3.63, 3.8) is 0 Å². The fourth-order valence-electron chi connectivity index (χ4n) is 4.87. The van der Waals surface area contributed by atoms with Crippen LogP contribution in [0.1, 0.15) is 155 Å². The molecule has 2 N–H and O–H groups in total. The van der Waals surface area contributed by atoms with Crippen LogP contribution < -0.4 is 0 Å². The standard InChI is InChI=1S/C41H69O8P/c1-3-5-7-9-11-13-15-17-19-20-22-23-25-27-29-31-33-35-40(42)47-37-39(38-48-50(44,45)46)49-41(43)36-34-32-30-28-26-24-21-18-16-14-12-10-8-6-4-2/h5,7,11,13-14,16-17,19,22-23,27,29,39H,3-4,6,8-10,12,15,18,20-21,24-26,28,30-38H2,1-2H3,(H2,44,45,46)/b7-5-,13-11-,16-14-,19-17-,23-22-,29-27-/t39-/m1/s1. The molecule has 8 nitrogen and oxygen atoms in total. The summed E-state index contributed by atoms with van der Waals surface area (Å²) < 4.78 is 26.3. The normalized spacial score (nSPS) is 13.3. The van der Waals surface area contributed by atoms with Crippen molar-refractivity contribution >= 4 is 19.8 Å². The lowest BCUT2D eigenvalue weighted by Gasteiger charge is -2.18. The quantitative estimate of drug-likeness (QED) is 0.0292. The molecule has 0 saturated heterocycles. The molecule has 0 amide bonds. The van der Waals surface area contributed by atoms with Crippen molar-refractivity contribution in [3.8, 4) is 0 Å². The van der Waals surface area contributed by atoms with Gasteiger partial charge in [0.25, 0.3) is 0 Å². The Balaban J connectivity index is 4.08. The maximum atomic E-state index is 12.4. The number of phosphoric acid groups is 1. The number of rotatable bonds is 34. The summed E-state index contributed by atoms with van der Waals surface area (Å²) >= 11 is 0. The van der Waals surface area contributed by atoms with E-state index in [1.165, 1.54) is 51.4 Å². The van der Waals surface area contributed by atoms with Crippen LogP contribution in [-0.2, 0) is 28.2 Å². The zero-order chi connectivity index (χ0) is 36.8. The molecule has 0 fully saturated rings. The monoisotopic (exact) mass is 720 g/mol. The first-order valence-corrected chi connectivity index (χ1v) is 20.8. The zero-order valence-electron chi connectivity index (χ0n) is 31.3. The van der Waals surface area contributed by atoms with Crippen LogP contribution in [0.2, 0.25) is 0 Å². The summed E-state index contributed by atoms with van der Waals surface area (Å²) in [4.78, 5) is 42.7. The fourth-order valence-corrected chi connectivity index (χ4v) is 5.23. The van der Waals surface area contributed by atoms with Crippen molar-refractivity contribution in [1.29, 1.82) is 0 Å². The van der Waals surface area contributed by atoms with Gasteiger partial charge in [-0.3, -0.25) is 14.1 Å². The van der Waals surface area contributed by atoms with E-state index in [9.17, 15) is 14.2 Å². The average molecular weight is 721 g/mol. The summed E-state index contributed by atoms with van der Waals surface area (Å²) in [5.41, 5.74) is 0. The molecule has 0 rings (SSSR count). The predicted octanol–water partition coefficient (Wildman–Crippen LogP) is 11.5. The summed E-state index contributed by atoms with van der Waals surface area (Å²) in [5, 5.41) is 0. The number of allylic oxidation sites excluding steroid dienone is 12. The molecule has 0 radical (unpaired) electrons. The second-order valence-electron chi connectivity index (χ2n) is 12.5. The first-order chi connectivity index (χ1) is 24.3. The molecule has 0 spiro atoms. The van der Waals surface area contributed by atoms with Gasteiger partial charge < -0.3 is 19.3 Å². The van der Waals surface area contributed by atoms with Crippen LogP contribution in [0.3, 0.4) is 0 Å². The minimum atomic E-state index is -4.77. The Morgan fingerprint density at radius 1 is 0.540 bits per heavy atom. The predicted molar refractivity (Wildman–Crippen MR) is 207 cm³/mol. The summed E-state index contributed by atoms with van der Waals surface area (Å²) in [6, 6.07) is 0. The summed E-state index contributed by atoms with van der Waals surface area (Å²) in [5.74, 6) is -0.965. The van der Waals surface area contributed by atoms with Gasteiger partial charge in [-0.15, -0.1) is 0 Å². The molecular formula is C41H69O8P. The molecule has 0 aromatic heterocycles. The highest BCUT2D eigenvalue weighted by Gasteiger charge is 2.22. The molecule has 0 unspecified atom stereocenters. The van der Waals surface area contributed by atoms with Crippen LogP contribution in [0.15, 0.2) is 72.9 Å². The van der Waals surface area contributed by atoms with Crippen LogP contribution >= 0.6 is 7.82 Å². The van der Waals surface area contributed by atoms with Crippen LogP contribution in [0, 0.1) is 0 Å². The van der Waals surface area contributed by atoms with Crippen molar-refractivity contribution in [1.82, 2.24) is 0 Å². The lowest BCUT2D eigenvalue weighted by atomic mass is 10.1. The van der Waals surface area contributed by atoms with Gasteiger partial charge in [0, 0.05) is 12.8 Å². The van der Waals surface area contributed by atoms with Gasteiger partial charge in [-0.25, -0.2) is 4.57 Å². The van der Waals surface area contributed by atoms with Gasteiger partial charge in [-0.05, 0) is 77.0 Å². The molecule has 286 valence electrons. The first-order valence-electron chi connectivity index (χ1n) is 19.2. The Morgan fingerprint density at radius 3 is 1.52 bits per heavy atom. The summed E-state index contributed by atoms with van der Waals surface area (Å²) in [6.45, 7) is 3.49. The molecule has 50 heavy (non-hydrogen) atoms. The third kappa shape index (κ3) is 38.3. The van der Waals surface area contributed by atoms with Gasteiger partial charge in [0.1, 0.15) is 6.61 Å². The van der Waals surface area contributed by atoms with Crippen molar-refractivity contribution in [2.75, 3.05) is 13.2 Å². The highest BCUT2D eigenvalue weighted by atomic mass is 31.2. The molecule has 9 heteroatoms. The molecule has 1 atom stereocenters. The Bertz CT molecular complexity index is 1040. The van der Waals surface area contributed by atoms with Crippen molar-refractivity contribution in [2.24, 2.45) is 0 Å². The van der Waals surface area contributed by atoms with Crippen LogP contribution in [-0.4, -0.2) is 41.0 Å². The smallest absolute Gasteiger partial charge is 0.462 e. The third-order valence-electron chi connectivity index (χ3n) is 7.71. The Kier molecular flexibility index (Phi) is 34.5. The average Bonchev–Trinajstić information content (AvgIpc) is 3.08. The first kappa shape index (κ1) is 47.5. The molecule has 0 aromatic carbocycles. The summed E-state index contributed by atoms with van der Waals surface area (Å²) in [6.07, 6.45) is 46.2. The van der Waals surface area contributed by atoms with Crippen molar-refractivity contribution < 1.29 is 37.9 Å². The number of ether oxygens (including phenoxy) is 2. The highest BCUT2D eigenvalue weighted by molar-refractivity contribution is 7.46. The summed E-state index contributed by atoms with van der Waals surface area (Å²) in [7, 11) is -4.77. The van der Waals surface area contributed by atoms with E-state index in [1.54, 1.807) is 0 Å². The number of carbonyl (C=O) groups excluding carboxylic acids is 2. The van der Waals surface area contributed by atoms with Crippen molar-refractivity contribution in [2.45, 2.75) is 161 Å². The second kappa shape index (κ2) is 36.3. The van der Waals surface area contributed by atoms with Crippen LogP contribution in [0.4, 0.5) is 0 Å². The van der Waals surface area contributed by atoms with E-state index in [1.807, 2.05) is 6.08 Å². The van der Waals surface area contributed by atoms with E-state index in [-0.39, 0.29) is 19.4 Å².